The van der Waals surface area contributed by atoms with Crippen LogP contribution in [0.3, 0.4) is 0 Å². The molecule has 1 saturated heterocycles. The lowest BCUT2D eigenvalue weighted by molar-refractivity contribution is 0.0418. The van der Waals surface area contributed by atoms with Crippen LogP contribution < -0.4 is 9.62 Å². The van der Waals surface area contributed by atoms with Crippen molar-refractivity contribution in [3.8, 4) is 0 Å². The van der Waals surface area contributed by atoms with E-state index in [2.05, 4.69) is 20.7 Å². The molecule has 1 unspecified atom stereocenters. The zero-order valence-electron chi connectivity index (χ0n) is 12.1. The predicted molar refractivity (Wildman–Crippen MR) is 85.7 cm³/mol. The van der Waals surface area contributed by atoms with Crippen molar-refractivity contribution in [2.45, 2.75) is 11.0 Å². The van der Waals surface area contributed by atoms with Crippen molar-refractivity contribution in [2.75, 3.05) is 31.6 Å². The summed E-state index contributed by atoms with van der Waals surface area (Å²) < 4.78 is 31.5. The van der Waals surface area contributed by atoms with Crippen LogP contribution in [0.2, 0.25) is 0 Å². The van der Waals surface area contributed by atoms with Crippen LogP contribution in [0.25, 0.3) is 0 Å². The molecule has 0 spiro atoms. The average molecular weight is 339 g/mol. The number of pyridine rings is 1. The molecule has 8 heteroatoms. The maximum absolute atomic E-state index is 11.7. The summed E-state index contributed by atoms with van der Waals surface area (Å²) in [6, 6.07) is 7.39. The van der Waals surface area contributed by atoms with Gasteiger partial charge in [-0.1, -0.05) is 6.07 Å². The summed E-state index contributed by atoms with van der Waals surface area (Å²) in [4.78, 5) is 7.76. The number of thiophene rings is 1. The number of rotatable bonds is 4. The van der Waals surface area contributed by atoms with E-state index in [0.29, 0.717) is 13.2 Å². The molecule has 1 aliphatic rings. The van der Waals surface area contributed by atoms with E-state index in [1.54, 1.807) is 23.5 Å². The summed E-state index contributed by atoms with van der Waals surface area (Å²) in [7, 11) is -2.06. The highest BCUT2D eigenvalue weighted by atomic mass is 32.2. The number of ether oxygens (including phenoxy) is 1. The molecule has 2 aromatic rings. The Hall–Kier alpha value is -1.48. The van der Waals surface area contributed by atoms with E-state index >= 15 is 0 Å². The summed E-state index contributed by atoms with van der Waals surface area (Å²) in [5.74, 6) is 0.764. The van der Waals surface area contributed by atoms with Crippen LogP contribution in [-0.2, 0) is 14.8 Å². The van der Waals surface area contributed by atoms with E-state index in [4.69, 9.17) is 4.74 Å². The second kappa shape index (κ2) is 6.33. The maximum Gasteiger partial charge on any atom is 0.241 e. The zero-order valence-corrected chi connectivity index (χ0v) is 13.7. The van der Waals surface area contributed by atoms with Gasteiger partial charge in [-0.15, -0.1) is 11.3 Å². The molecule has 1 N–H and O–H groups in total. The molecule has 2 aromatic heterocycles. The molecule has 0 amide bonds. The normalized spacial score (nSPS) is 19.3. The second-order valence-electron chi connectivity index (χ2n) is 4.88. The van der Waals surface area contributed by atoms with Gasteiger partial charge in [-0.25, -0.2) is 18.1 Å². The third-order valence-electron chi connectivity index (χ3n) is 3.55. The predicted octanol–water partition coefficient (Wildman–Crippen LogP) is 1.63. The molecule has 22 heavy (non-hydrogen) atoms. The molecule has 3 rings (SSSR count). The second-order valence-corrected chi connectivity index (χ2v) is 7.75. The van der Waals surface area contributed by atoms with Crippen LogP contribution in [-0.4, -0.2) is 40.1 Å². The Labute approximate surface area is 133 Å². The smallest absolute Gasteiger partial charge is 0.241 e. The lowest BCUT2D eigenvalue weighted by Gasteiger charge is -2.33. The van der Waals surface area contributed by atoms with Crippen molar-refractivity contribution in [1.82, 2.24) is 9.71 Å². The SMILES string of the molecule is CNS(=O)(=O)c1ccc(N2CCOC(c3cccs3)C2)nc1. The number of nitrogens with zero attached hydrogens (tertiary/aromatic N) is 2. The summed E-state index contributed by atoms with van der Waals surface area (Å²) in [6.45, 7) is 2.08. The van der Waals surface area contributed by atoms with Gasteiger partial charge in [0.2, 0.25) is 10.0 Å². The number of hydrogen-bond donors (Lipinski definition) is 1. The molecule has 1 aliphatic heterocycles. The van der Waals surface area contributed by atoms with E-state index in [1.807, 2.05) is 11.4 Å². The molecule has 3 heterocycles. The Balaban J connectivity index is 1.76. The first-order valence-electron chi connectivity index (χ1n) is 6.90. The van der Waals surface area contributed by atoms with Crippen molar-refractivity contribution in [1.29, 1.82) is 0 Å². The van der Waals surface area contributed by atoms with Crippen LogP contribution in [0.15, 0.2) is 40.7 Å². The van der Waals surface area contributed by atoms with Crippen LogP contribution in [0.1, 0.15) is 11.0 Å². The molecular weight excluding hydrogens is 322 g/mol. The van der Waals surface area contributed by atoms with Gasteiger partial charge in [0.05, 0.1) is 13.2 Å². The van der Waals surface area contributed by atoms with Gasteiger partial charge >= 0.3 is 0 Å². The lowest BCUT2D eigenvalue weighted by atomic mass is 10.2. The van der Waals surface area contributed by atoms with E-state index in [1.165, 1.54) is 18.1 Å². The van der Waals surface area contributed by atoms with Gasteiger partial charge in [-0.3, -0.25) is 0 Å². The van der Waals surface area contributed by atoms with Crippen molar-refractivity contribution < 1.29 is 13.2 Å². The fourth-order valence-electron chi connectivity index (χ4n) is 2.34. The summed E-state index contributed by atoms with van der Waals surface area (Å²) in [5.41, 5.74) is 0. The van der Waals surface area contributed by atoms with E-state index in [9.17, 15) is 8.42 Å². The van der Waals surface area contributed by atoms with Crippen molar-refractivity contribution in [2.24, 2.45) is 0 Å². The topological polar surface area (TPSA) is 71.5 Å². The molecule has 1 fully saturated rings. The van der Waals surface area contributed by atoms with E-state index in [0.717, 1.165) is 12.4 Å². The number of morpholine rings is 1. The first-order chi connectivity index (χ1) is 10.6. The Morgan fingerprint density at radius 1 is 1.41 bits per heavy atom. The largest absolute Gasteiger partial charge is 0.369 e. The Morgan fingerprint density at radius 2 is 2.27 bits per heavy atom. The first-order valence-corrected chi connectivity index (χ1v) is 9.26. The van der Waals surface area contributed by atoms with Crippen LogP contribution in [0, 0.1) is 0 Å². The summed E-state index contributed by atoms with van der Waals surface area (Å²) in [5, 5.41) is 2.04. The molecule has 0 aliphatic carbocycles. The summed E-state index contributed by atoms with van der Waals surface area (Å²) >= 11 is 1.68. The van der Waals surface area contributed by atoms with Crippen LogP contribution in [0.4, 0.5) is 5.82 Å². The molecule has 0 radical (unpaired) electrons. The van der Waals surface area contributed by atoms with Crippen molar-refractivity contribution >= 4 is 27.2 Å². The van der Waals surface area contributed by atoms with Crippen LogP contribution >= 0.6 is 11.3 Å². The molecule has 1 atom stereocenters. The van der Waals surface area contributed by atoms with E-state index in [-0.39, 0.29) is 11.0 Å². The highest BCUT2D eigenvalue weighted by Crippen LogP contribution is 2.28. The van der Waals surface area contributed by atoms with Gasteiger partial charge in [0.15, 0.2) is 0 Å². The number of sulfonamides is 1. The van der Waals surface area contributed by atoms with Gasteiger partial charge < -0.3 is 9.64 Å². The number of hydrogen-bond acceptors (Lipinski definition) is 6. The first kappa shape index (κ1) is 15.4. The molecule has 0 saturated carbocycles. The Kier molecular flexibility index (Phi) is 4.44. The number of nitrogens with one attached hydrogen (secondary N) is 1. The molecule has 6 nitrogen and oxygen atoms in total. The highest BCUT2D eigenvalue weighted by molar-refractivity contribution is 7.89. The molecule has 0 aromatic carbocycles. The Bertz CT molecular complexity index is 714. The van der Waals surface area contributed by atoms with Gasteiger partial charge in [-0.2, -0.15) is 0 Å². The average Bonchev–Trinajstić information content (AvgIpc) is 3.10. The maximum atomic E-state index is 11.7. The minimum Gasteiger partial charge on any atom is -0.369 e. The van der Waals surface area contributed by atoms with Crippen LogP contribution in [0.5, 0.6) is 0 Å². The van der Waals surface area contributed by atoms with Gasteiger partial charge in [0.1, 0.15) is 16.8 Å². The number of anilines is 1. The van der Waals surface area contributed by atoms with Crippen molar-refractivity contribution in [3.63, 3.8) is 0 Å². The third kappa shape index (κ3) is 3.14. The molecular formula is C14H17N3O3S2. The molecule has 0 bridgehead atoms. The lowest BCUT2D eigenvalue weighted by Crippen LogP contribution is -2.38. The monoisotopic (exact) mass is 339 g/mol. The van der Waals surface area contributed by atoms with Gasteiger partial charge in [0.25, 0.3) is 0 Å². The fourth-order valence-corrected chi connectivity index (χ4v) is 3.78. The van der Waals surface area contributed by atoms with Gasteiger partial charge in [0, 0.05) is 17.6 Å². The van der Waals surface area contributed by atoms with E-state index < -0.39 is 10.0 Å². The van der Waals surface area contributed by atoms with Crippen molar-refractivity contribution in [3.05, 3.63) is 40.7 Å². The quantitative estimate of drug-likeness (QED) is 0.917. The third-order valence-corrected chi connectivity index (χ3v) is 5.91. The molecule has 118 valence electrons. The standard InChI is InChI=1S/C14H17N3O3S2/c1-15-22(18,19)11-4-5-14(16-9-11)17-6-7-20-12(10-17)13-3-2-8-21-13/h2-5,8-9,12,15H,6-7,10H2,1H3. The minimum atomic E-state index is -3.45. The van der Waals surface area contributed by atoms with Gasteiger partial charge in [-0.05, 0) is 30.6 Å². The minimum absolute atomic E-state index is 0.0382. The Morgan fingerprint density at radius 3 is 2.91 bits per heavy atom. The number of aromatic nitrogens is 1. The fraction of sp³-hybridized carbons (Fsp3) is 0.357. The summed E-state index contributed by atoms with van der Waals surface area (Å²) in [6.07, 6.45) is 1.42. The zero-order chi connectivity index (χ0) is 15.6. The highest BCUT2D eigenvalue weighted by Gasteiger charge is 2.24.